The monoisotopic (exact) mass is 232 g/mol. The Morgan fingerprint density at radius 1 is 1.44 bits per heavy atom. The summed E-state index contributed by atoms with van der Waals surface area (Å²) in [5.41, 5.74) is 4.31. The van der Waals surface area contributed by atoms with Crippen molar-refractivity contribution in [3.63, 3.8) is 0 Å². The van der Waals surface area contributed by atoms with E-state index in [2.05, 4.69) is 5.32 Å². The van der Waals surface area contributed by atoms with Crippen LogP contribution in [0.3, 0.4) is 0 Å². The zero-order valence-corrected chi connectivity index (χ0v) is 10.1. The molecule has 0 heterocycles. The molecule has 2 amide bonds. The Morgan fingerprint density at radius 3 is 2.31 bits per heavy atom. The lowest BCUT2D eigenvalue weighted by Gasteiger charge is -2.22. The Morgan fingerprint density at radius 2 is 1.94 bits per heavy atom. The van der Waals surface area contributed by atoms with Crippen molar-refractivity contribution < 1.29 is 19.4 Å². The minimum Gasteiger partial charge on any atom is -0.444 e. The van der Waals surface area contributed by atoms with Crippen LogP contribution in [0.1, 0.15) is 34.1 Å². The largest absolute Gasteiger partial charge is 0.444 e. The maximum Gasteiger partial charge on any atom is 0.407 e. The third-order valence-electron chi connectivity index (χ3n) is 1.67. The summed E-state index contributed by atoms with van der Waals surface area (Å²) in [6, 6.07) is -0.391. The average molecular weight is 232 g/mol. The first-order valence-corrected chi connectivity index (χ1v) is 5.08. The fourth-order valence-electron chi connectivity index (χ4n) is 1.02. The summed E-state index contributed by atoms with van der Waals surface area (Å²) < 4.78 is 5.00. The van der Waals surface area contributed by atoms with Gasteiger partial charge in [0.2, 0.25) is 5.91 Å². The molecule has 0 saturated heterocycles. The molecule has 0 aliphatic heterocycles. The summed E-state index contributed by atoms with van der Waals surface area (Å²) >= 11 is 0. The highest BCUT2D eigenvalue weighted by Gasteiger charge is 2.20. The minimum absolute atomic E-state index is 0.0641. The molecule has 0 saturated carbocycles. The van der Waals surface area contributed by atoms with E-state index in [1.165, 1.54) is 0 Å². The molecule has 4 N–H and O–H groups in total. The Kier molecular flexibility index (Phi) is 5.23. The molecule has 0 aliphatic rings. The molecule has 0 bridgehead atoms. The molecular formula is C10H20N2O4. The predicted octanol–water partition coefficient (Wildman–Crippen LogP) is 0.136. The summed E-state index contributed by atoms with van der Waals surface area (Å²) in [4.78, 5) is 21.9. The molecule has 0 aliphatic carbocycles. The van der Waals surface area contributed by atoms with E-state index in [-0.39, 0.29) is 6.42 Å². The number of nitrogens with two attached hydrogens (primary N) is 1. The van der Waals surface area contributed by atoms with Crippen molar-refractivity contribution in [3.05, 3.63) is 0 Å². The molecule has 0 aromatic carbocycles. The highest BCUT2D eigenvalue weighted by atomic mass is 16.6. The van der Waals surface area contributed by atoms with Gasteiger partial charge in [0.15, 0.2) is 0 Å². The van der Waals surface area contributed by atoms with Crippen molar-refractivity contribution in [2.24, 2.45) is 5.73 Å². The number of aliphatic hydroxyl groups excluding tert-OH is 1. The average Bonchev–Trinajstić information content (AvgIpc) is 1.98. The van der Waals surface area contributed by atoms with Crippen LogP contribution in [0, 0.1) is 0 Å². The third-order valence-corrected chi connectivity index (χ3v) is 1.67. The summed E-state index contributed by atoms with van der Waals surface area (Å²) in [5.74, 6) is -0.808. The molecule has 16 heavy (non-hydrogen) atoms. The molecule has 0 unspecified atom stereocenters. The normalized spacial score (nSPS) is 15.1. The van der Waals surface area contributed by atoms with E-state index >= 15 is 0 Å². The lowest BCUT2D eigenvalue weighted by Crippen LogP contribution is -2.41. The zero-order chi connectivity index (χ0) is 12.9. The second-order valence-electron chi connectivity index (χ2n) is 4.70. The van der Waals surface area contributed by atoms with Crippen LogP contribution >= 0.6 is 0 Å². The van der Waals surface area contributed by atoms with E-state index in [1.54, 1.807) is 27.7 Å². The lowest BCUT2D eigenvalue weighted by molar-refractivity contribution is -0.126. The summed E-state index contributed by atoms with van der Waals surface area (Å²) in [6.45, 7) is 6.89. The highest BCUT2D eigenvalue weighted by Crippen LogP contribution is 2.07. The fourth-order valence-corrected chi connectivity index (χ4v) is 1.02. The summed E-state index contributed by atoms with van der Waals surface area (Å²) in [7, 11) is 0. The van der Waals surface area contributed by atoms with Gasteiger partial charge in [0.25, 0.3) is 0 Å². The van der Waals surface area contributed by atoms with Gasteiger partial charge in [0.1, 0.15) is 11.7 Å². The topological polar surface area (TPSA) is 102 Å². The number of alkyl carbamates (subject to hydrolysis) is 1. The zero-order valence-electron chi connectivity index (χ0n) is 10.1. The smallest absolute Gasteiger partial charge is 0.407 e. The van der Waals surface area contributed by atoms with Gasteiger partial charge < -0.3 is 20.9 Å². The van der Waals surface area contributed by atoms with Gasteiger partial charge in [-0.2, -0.15) is 0 Å². The number of carbonyl (C=O) groups excluding carboxylic acids is 2. The predicted molar refractivity (Wildman–Crippen MR) is 58.6 cm³/mol. The first-order chi connectivity index (χ1) is 7.11. The molecule has 6 nitrogen and oxygen atoms in total. The second-order valence-corrected chi connectivity index (χ2v) is 4.70. The second kappa shape index (κ2) is 5.69. The number of carbonyl (C=O) groups is 2. The first kappa shape index (κ1) is 14.7. The van der Waals surface area contributed by atoms with Gasteiger partial charge >= 0.3 is 6.09 Å². The number of nitrogens with one attached hydrogen (secondary N) is 1. The van der Waals surface area contributed by atoms with Gasteiger partial charge in [0.05, 0.1) is 0 Å². The number of rotatable bonds is 4. The highest BCUT2D eigenvalue weighted by molar-refractivity contribution is 5.78. The number of primary amides is 1. The van der Waals surface area contributed by atoms with Gasteiger partial charge in [0, 0.05) is 12.5 Å². The Hall–Kier alpha value is -1.30. The number of aliphatic hydroxyl groups is 1. The molecule has 6 heteroatoms. The van der Waals surface area contributed by atoms with Crippen LogP contribution in [0.5, 0.6) is 0 Å². The van der Waals surface area contributed by atoms with Gasteiger partial charge in [-0.3, -0.25) is 4.79 Å². The van der Waals surface area contributed by atoms with E-state index < -0.39 is 29.7 Å². The van der Waals surface area contributed by atoms with Crippen LogP contribution in [-0.2, 0) is 9.53 Å². The van der Waals surface area contributed by atoms with Gasteiger partial charge in [-0.25, -0.2) is 4.79 Å². The Labute approximate surface area is 95.1 Å². The molecule has 0 spiro atoms. The van der Waals surface area contributed by atoms with Crippen LogP contribution in [-0.4, -0.2) is 34.9 Å². The molecule has 94 valence electrons. The third kappa shape index (κ3) is 7.05. The molecule has 0 fully saturated rings. The van der Waals surface area contributed by atoms with Gasteiger partial charge in [-0.15, -0.1) is 0 Å². The van der Waals surface area contributed by atoms with Crippen LogP contribution in [0.2, 0.25) is 0 Å². The molecular weight excluding hydrogens is 212 g/mol. The van der Waals surface area contributed by atoms with Crippen molar-refractivity contribution in [3.8, 4) is 0 Å². The Balaban J connectivity index is 4.01. The van der Waals surface area contributed by atoms with E-state index in [4.69, 9.17) is 10.5 Å². The molecule has 0 radical (unpaired) electrons. The van der Waals surface area contributed by atoms with Crippen LogP contribution in [0.4, 0.5) is 4.79 Å². The molecule has 0 rings (SSSR count). The Bertz CT molecular complexity index is 260. The maximum atomic E-state index is 11.3. The van der Waals surface area contributed by atoms with Crippen molar-refractivity contribution in [1.82, 2.24) is 5.32 Å². The number of hydrogen-bond acceptors (Lipinski definition) is 4. The fraction of sp³-hybridized carbons (Fsp3) is 0.800. The van der Waals surface area contributed by atoms with Crippen molar-refractivity contribution in [1.29, 1.82) is 0 Å². The molecule has 0 aromatic rings. The maximum absolute atomic E-state index is 11.3. The van der Waals surface area contributed by atoms with Gasteiger partial charge in [-0.05, 0) is 27.7 Å². The van der Waals surface area contributed by atoms with Crippen molar-refractivity contribution in [2.45, 2.75) is 51.9 Å². The summed E-state index contributed by atoms with van der Waals surface area (Å²) in [5, 5.41) is 11.7. The standard InChI is InChI=1S/C10H20N2O4/c1-6(5-7(13)8(11)14)12-9(15)16-10(2,3)4/h6-7,13H,5H2,1-4H3,(H2,11,14)(H,12,15)/t6-,7-/m0/s1. The van der Waals surface area contributed by atoms with E-state index in [0.717, 1.165) is 0 Å². The quantitative estimate of drug-likeness (QED) is 0.641. The van der Waals surface area contributed by atoms with Crippen LogP contribution < -0.4 is 11.1 Å². The van der Waals surface area contributed by atoms with Gasteiger partial charge in [-0.1, -0.05) is 0 Å². The van der Waals surface area contributed by atoms with Crippen molar-refractivity contribution >= 4 is 12.0 Å². The number of hydrogen-bond donors (Lipinski definition) is 3. The SMILES string of the molecule is C[C@@H](C[C@H](O)C(N)=O)NC(=O)OC(C)(C)C. The molecule has 0 aromatic heterocycles. The van der Waals surface area contributed by atoms with Crippen LogP contribution in [0.25, 0.3) is 0 Å². The summed E-state index contributed by atoms with van der Waals surface area (Å²) in [6.07, 6.45) is -1.78. The lowest BCUT2D eigenvalue weighted by atomic mass is 10.1. The van der Waals surface area contributed by atoms with E-state index in [1.807, 2.05) is 0 Å². The van der Waals surface area contributed by atoms with E-state index in [0.29, 0.717) is 0 Å². The minimum atomic E-state index is -1.26. The first-order valence-electron chi connectivity index (χ1n) is 5.08. The number of amides is 2. The van der Waals surface area contributed by atoms with Crippen molar-refractivity contribution in [2.75, 3.05) is 0 Å². The number of ether oxygens (including phenoxy) is 1. The van der Waals surface area contributed by atoms with E-state index in [9.17, 15) is 14.7 Å². The molecule has 2 atom stereocenters. The van der Waals surface area contributed by atoms with Crippen LogP contribution in [0.15, 0.2) is 0 Å².